The summed E-state index contributed by atoms with van der Waals surface area (Å²) in [6, 6.07) is 16.3. The summed E-state index contributed by atoms with van der Waals surface area (Å²) in [7, 11) is 0. The largest absolute Gasteiger partial charge is 0.371 e. The number of hydrogen-bond donors (Lipinski definition) is 2. The highest BCUT2D eigenvalue weighted by Crippen LogP contribution is 2.31. The van der Waals surface area contributed by atoms with Gasteiger partial charge in [-0.3, -0.25) is 9.59 Å². The number of carbonyl (C=O) groups is 1. The number of hydrogen-bond acceptors (Lipinski definition) is 5. The van der Waals surface area contributed by atoms with Crippen molar-refractivity contribution < 1.29 is 4.79 Å². The third-order valence-electron chi connectivity index (χ3n) is 5.54. The lowest BCUT2D eigenvalue weighted by molar-refractivity contribution is -0.122. The minimum Gasteiger partial charge on any atom is -0.371 e. The molecule has 7 nitrogen and oxygen atoms in total. The molecule has 0 unspecified atom stereocenters. The molecular weight excluding hydrogens is 437 g/mol. The molecule has 1 fully saturated rings. The number of anilines is 2. The van der Waals surface area contributed by atoms with Crippen molar-refractivity contribution in [2.75, 3.05) is 23.3 Å². The molecule has 0 spiro atoms. The number of primary amides is 1. The lowest BCUT2D eigenvalue weighted by atomic mass is 9.86. The molecule has 1 aliphatic rings. The summed E-state index contributed by atoms with van der Waals surface area (Å²) in [5.41, 5.74) is 6.35. The van der Waals surface area contributed by atoms with Gasteiger partial charge in [-0.2, -0.15) is 9.78 Å². The lowest BCUT2D eigenvalue weighted by Crippen LogP contribution is -2.57. The van der Waals surface area contributed by atoms with Gasteiger partial charge in [-0.1, -0.05) is 47.5 Å². The molecule has 1 aromatic heterocycles. The van der Waals surface area contributed by atoms with Crippen LogP contribution in [0, 0.1) is 0 Å². The molecule has 2 aromatic carbocycles. The summed E-state index contributed by atoms with van der Waals surface area (Å²) in [6.45, 7) is 0.982. The van der Waals surface area contributed by atoms with Crippen molar-refractivity contribution in [2.24, 2.45) is 5.73 Å². The van der Waals surface area contributed by atoms with E-state index in [-0.39, 0.29) is 5.02 Å². The summed E-state index contributed by atoms with van der Waals surface area (Å²) in [4.78, 5) is 27.1. The van der Waals surface area contributed by atoms with Crippen molar-refractivity contribution in [3.8, 4) is 5.69 Å². The molecular formula is C22H21Cl2N5O2. The number of amides is 1. The quantitative estimate of drug-likeness (QED) is 0.611. The van der Waals surface area contributed by atoms with E-state index in [2.05, 4.69) is 10.4 Å². The predicted octanol–water partition coefficient (Wildman–Crippen LogP) is 3.48. The Bertz CT molecular complexity index is 1160. The Balaban J connectivity index is 1.56. The van der Waals surface area contributed by atoms with Crippen LogP contribution in [0.3, 0.4) is 0 Å². The van der Waals surface area contributed by atoms with E-state index in [0.29, 0.717) is 42.3 Å². The van der Waals surface area contributed by atoms with Crippen LogP contribution in [0.25, 0.3) is 5.69 Å². The number of nitrogens with one attached hydrogen (secondary N) is 1. The SMILES string of the molecule is NC(=O)C1(Nc2ccccc2)CCN(c2cnn(-c3cccc(Cl)c3)c(=O)c2Cl)CC1. The van der Waals surface area contributed by atoms with Gasteiger partial charge in [0.25, 0.3) is 5.56 Å². The van der Waals surface area contributed by atoms with Crippen LogP contribution in [-0.4, -0.2) is 34.3 Å². The zero-order valence-electron chi connectivity index (χ0n) is 16.6. The fourth-order valence-corrected chi connectivity index (χ4v) is 4.23. The molecule has 1 aliphatic heterocycles. The van der Waals surface area contributed by atoms with E-state index in [9.17, 15) is 9.59 Å². The van der Waals surface area contributed by atoms with Crippen LogP contribution in [-0.2, 0) is 4.79 Å². The molecule has 9 heteroatoms. The van der Waals surface area contributed by atoms with Crippen LogP contribution < -0.4 is 21.5 Å². The molecule has 0 aliphatic carbocycles. The monoisotopic (exact) mass is 457 g/mol. The minimum absolute atomic E-state index is 0.0672. The summed E-state index contributed by atoms with van der Waals surface area (Å²) in [5, 5.41) is 8.14. The minimum atomic E-state index is -0.868. The first-order chi connectivity index (χ1) is 14.9. The Kier molecular flexibility index (Phi) is 5.89. The average molecular weight is 458 g/mol. The molecule has 160 valence electrons. The van der Waals surface area contributed by atoms with Crippen LogP contribution in [0.4, 0.5) is 11.4 Å². The molecule has 0 bridgehead atoms. The number of aromatic nitrogens is 2. The van der Waals surface area contributed by atoms with Gasteiger partial charge in [-0.25, -0.2) is 0 Å². The average Bonchev–Trinajstić information content (AvgIpc) is 2.77. The molecule has 31 heavy (non-hydrogen) atoms. The summed E-state index contributed by atoms with van der Waals surface area (Å²) in [5.74, 6) is -0.406. The second-order valence-electron chi connectivity index (χ2n) is 7.47. The number of halogens is 2. The van der Waals surface area contributed by atoms with Gasteiger partial charge in [0.1, 0.15) is 10.6 Å². The topological polar surface area (TPSA) is 93.2 Å². The van der Waals surface area contributed by atoms with Gasteiger partial charge < -0.3 is 16.0 Å². The van der Waals surface area contributed by atoms with E-state index < -0.39 is 17.0 Å². The zero-order valence-corrected chi connectivity index (χ0v) is 18.1. The first kappa shape index (κ1) is 21.2. The van der Waals surface area contributed by atoms with Gasteiger partial charge in [0.15, 0.2) is 0 Å². The van der Waals surface area contributed by atoms with Crippen molar-refractivity contribution in [3.05, 3.63) is 81.2 Å². The molecule has 1 amide bonds. The van der Waals surface area contributed by atoms with Gasteiger partial charge in [-0.15, -0.1) is 0 Å². The Morgan fingerprint density at radius 2 is 1.77 bits per heavy atom. The highest BCUT2D eigenvalue weighted by atomic mass is 35.5. The fourth-order valence-electron chi connectivity index (χ4n) is 3.80. The van der Waals surface area contributed by atoms with Crippen molar-refractivity contribution in [1.82, 2.24) is 9.78 Å². The van der Waals surface area contributed by atoms with E-state index in [1.807, 2.05) is 35.2 Å². The Hall–Kier alpha value is -3.03. The smallest absolute Gasteiger partial charge is 0.292 e. The number of piperidine rings is 1. The molecule has 0 saturated carbocycles. The Morgan fingerprint density at radius 3 is 2.42 bits per heavy atom. The highest BCUT2D eigenvalue weighted by molar-refractivity contribution is 6.33. The van der Waals surface area contributed by atoms with Crippen molar-refractivity contribution in [2.45, 2.75) is 18.4 Å². The summed E-state index contributed by atoms with van der Waals surface area (Å²) in [6.07, 6.45) is 2.49. The number of carbonyl (C=O) groups excluding carboxylic acids is 1. The maximum absolute atomic E-state index is 12.8. The highest BCUT2D eigenvalue weighted by Gasteiger charge is 2.40. The predicted molar refractivity (Wildman–Crippen MR) is 123 cm³/mol. The van der Waals surface area contributed by atoms with Crippen LogP contribution in [0.1, 0.15) is 12.8 Å². The number of benzene rings is 2. The molecule has 3 N–H and O–H groups in total. The zero-order chi connectivity index (χ0) is 22.0. The van der Waals surface area contributed by atoms with E-state index >= 15 is 0 Å². The van der Waals surface area contributed by atoms with Crippen molar-refractivity contribution >= 4 is 40.5 Å². The lowest BCUT2D eigenvalue weighted by Gasteiger charge is -2.41. The van der Waals surface area contributed by atoms with Gasteiger partial charge >= 0.3 is 0 Å². The van der Waals surface area contributed by atoms with E-state index in [0.717, 1.165) is 5.69 Å². The van der Waals surface area contributed by atoms with Crippen LogP contribution in [0.2, 0.25) is 10.0 Å². The van der Waals surface area contributed by atoms with Crippen LogP contribution >= 0.6 is 23.2 Å². The van der Waals surface area contributed by atoms with Gasteiger partial charge in [-0.05, 0) is 43.2 Å². The molecule has 4 rings (SSSR count). The van der Waals surface area contributed by atoms with E-state index in [4.69, 9.17) is 28.9 Å². The van der Waals surface area contributed by atoms with Crippen LogP contribution in [0.15, 0.2) is 65.6 Å². The Labute approximate surface area is 189 Å². The number of rotatable bonds is 5. The van der Waals surface area contributed by atoms with Gasteiger partial charge in [0, 0.05) is 23.8 Å². The summed E-state index contributed by atoms with van der Waals surface area (Å²) >= 11 is 12.5. The van der Waals surface area contributed by atoms with Crippen LogP contribution in [0.5, 0.6) is 0 Å². The third kappa shape index (κ3) is 4.24. The number of nitrogens with two attached hydrogens (primary N) is 1. The number of para-hydroxylation sites is 1. The number of nitrogens with zero attached hydrogens (tertiary/aromatic N) is 3. The first-order valence-corrected chi connectivity index (χ1v) is 10.6. The van der Waals surface area contributed by atoms with E-state index in [1.54, 1.807) is 30.5 Å². The molecule has 2 heterocycles. The molecule has 0 radical (unpaired) electrons. The third-order valence-corrected chi connectivity index (χ3v) is 6.13. The maximum atomic E-state index is 12.8. The molecule has 0 atom stereocenters. The van der Waals surface area contributed by atoms with Crippen molar-refractivity contribution in [1.29, 1.82) is 0 Å². The standard InChI is InChI=1S/C22H21Cl2N5O2/c23-15-5-4-8-17(13-15)29-20(30)19(24)18(14-26-29)28-11-9-22(10-12-28,21(25)31)27-16-6-2-1-3-7-16/h1-8,13-14,27H,9-12H2,(H2,25,31). The second-order valence-corrected chi connectivity index (χ2v) is 8.28. The fraction of sp³-hybridized carbons (Fsp3) is 0.227. The molecule has 1 saturated heterocycles. The second kappa shape index (κ2) is 8.61. The van der Waals surface area contributed by atoms with E-state index in [1.165, 1.54) is 4.68 Å². The summed E-state index contributed by atoms with van der Waals surface area (Å²) < 4.78 is 1.21. The maximum Gasteiger partial charge on any atom is 0.292 e. The normalized spacial score (nSPS) is 15.5. The Morgan fingerprint density at radius 1 is 1.06 bits per heavy atom. The molecule has 3 aromatic rings. The van der Waals surface area contributed by atoms with Gasteiger partial charge in [0.2, 0.25) is 5.91 Å². The van der Waals surface area contributed by atoms with Crippen molar-refractivity contribution in [3.63, 3.8) is 0 Å². The first-order valence-electron chi connectivity index (χ1n) is 9.81. The van der Waals surface area contributed by atoms with Gasteiger partial charge in [0.05, 0.1) is 17.6 Å².